The number of carbonyl (C=O) groups is 2. The summed E-state index contributed by atoms with van der Waals surface area (Å²) in [6.07, 6.45) is 6.56. The van der Waals surface area contributed by atoms with E-state index in [1.807, 2.05) is 43.4 Å². The molecule has 0 spiro atoms. The second kappa shape index (κ2) is 10.1. The smallest absolute Gasteiger partial charge is 0.248 e. The van der Waals surface area contributed by atoms with Crippen LogP contribution in [0.5, 0.6) is 0 Å². The van der Waals surface area contributed by atoms with Crippen molar-refractivity contribution >= 4 is 35.0 Å². The average Bonchev–Trinajstić information content (AvgIpc) is 3.22. The van der Waals surface area contributed by atoms with E-state index in [0.29, 0.717) is 17.9 Å². The molecule has 0 bridgehead atoms. The molecule has 2 heterocycles. The maximum absolute atomic E-state index is 12.9. The fourth-order valence-electron chi connectivity index (χ4n) is 4.09. The van der Waals surface area contributed by atoms with E-state index >= 15 is 0 Å². The Labute approximate surface area is 193 Å². The number of hydrogen-bond acceptors (Lipinski definition) is 5. The molecule has 2 amide bonds. The fraction of sp³-hybridized carbons (Fsp3) is 0.192. The highest BCUT2D eigenvalue weighted by molar-refractivity contribution is 6.03. The van der Waals surface area contributed by atoms with Crippen LogP contribution in [-0.2, 0) is 9.59 Å². The van der Waals surface area contributed by atoms with Gasteiger partial charge >= 0.3 is 0 Å². The van der Waals surface area contributed by atoms with E-state index < -0.39 is 0 Å². The molecule has 4 N–H and O–H groups in total. The molecule has 7 nitrogen and oxygen atoms in total. The first-order chi connectivity index (χ1) is 16.0. The number of anilines is 3. The zero-order valence-electron chi connectivity index (χ0n) is 18.4. The maximum atomic E-state index is 12.9. The van der Waals surface area contributed by atoms with Gasteiger partial charge < -0.3 is 21.3 Å². The molecule has 2 aromatic carbocycles. The zero-order chi connectivity index (χ0) is 23.2. The molecule has 3 aromatic rings. The summed E-state index contributed by atoms with van der Waals surface area (Å²) in [5.74, 6) is -0.287. The van der Waals surface area contributed by atoms with Crippen molar-refractivity contribution in [3.05, 3.63) is 90.3 Å². The van der Waals surface area contributed by atoms with Crippen molar-refractivity contribution in [2.24, 2.45) is 5.92 Å². The number of amides is 2. The Hall–Kier alpha value is -3.97. The fourth-order valence-corrected chi connectivity index (χ4v) is 4.09. The van der Waals surface area contributed by atoms with Gasteiger partial charge in [-0.25, -0.2) is 0 Å². The van der Waals surface area contributed by atoms with Gasteiger partial charge in [-0.15, -0.1) is 0 Å². The van der Waals surface area contributed by atoms with Crippen molar-refractivity contribution in [2.45, 2.75) is 5.92 Å². The third-order valence-corrected chi connectivity index (χ3v) is 5.80. The minimum Gasteiger partial charge on any atom is -0.397 e. The average molecular weight is 442 g/mol. The summed E-state index contributed by atoms with van der Waals surface area (Å²) in [6.45, 7) is 1.51. The number of pyridine rings is 1. The normalized spacial score (nSPS) is 18.3. The van der Waals surface area contributed by atoms with Gasteiger partial charge in [-0.3, -0.25) is 14.6 Å². The summed E-state index contributed by atoms with van der Waals surface area (Å²) >= 11 is 0. The topological polar surface area (TPSA) is 100 Å². The lowest BCUT2D eigenvalue weighted by molar-refractivity contribution is -0.119. The van der Waals surface area contributed by atoms with E-state index in [4.69, 9.17) is 5.73 Å². The number of nitrogens with one attached hydrogen (secondary N) is 2. The highest BCUT2D eigenvalue weighted by Crippen LogP contribution is 2.33. The summed E-state index contributed by atoms with van der Waals surface area (Å²) in [5, 5.41) is 5.78. The summed E-state index contributed by atoms with van der Waals surface area (Å²) < 4.78 is 0. The number of carbonyl (C=O) groups excluding carboxylic acids is 2. The Kier molecular flexibility index (Phi) is 6.80. The summed E-state index contributed by atoms with van der Waals surface area (Å²) in [7, 11) is 2.03. The SMILES string of the molecule is CN1CC(C(=O)Nc2ccncc2)C(c2ccc(C=CC(=O)Nc3ccccc3N)cc2)C1. The molecule has 7 heteroatoms. The molecule has 1 aliphatic rings. The van der Waals surface area contributed by atoms with Crippen molar-refractivity contribution < 1.29 is 9.59 Å². The Morgan fingerprint density at radius 3 is 2.45 bits per heavy atom. The molecule has 1 aromatic heterocycles. The largest absolute Gasteiger partial charge is 0.397 e. The van der Waals surface area contributed by atoms with Crippen LogP contribution in [0, 0.1) is 5.92 Å². The van der Waals surface area contributed by atoms with E-state index in [1.54, 1.807) is 42.7 Å². The lowest BCUT2D eigenvalue weighted by Gasteiger charge is -2.18. The summed E-state index contributed by atoms with van der Waals surface area (Å²) in [6, 6.07) is 18.7. The Bertz CT molecular complexity index is 1140. The van der Waals surface area contributed by atoms with Gasteiger partial charge in [-0.05, 0) is 48.5 Å². The number of aromatic nitrogens is 1. The van der Waals surface area contributed by atoms with E-state index in [2.05, 4.69) is 20.5 Å². The van der Waals surface area contributed by atoms with E-state index in [1.165, 1.54) is 6.08 Å². The molecule has 0 saturated carbocycles. The monoisotopic (exact) mass is 441 g/mol. The lowest BCUT2D eigenvalue weighted by atomic mass is 9.88. The standard InChI is InChI=1S/C26H27N5O2/c1-31-16-21(22(17-31)26(33)29-20-12-14-28-15-13-20)19-9-6-18(7-10-19)8-11-25(32)30-24-5-3-2-4-23(24)27/h2-15,21-22H,16-17,27H2,1H3,(H,30,32)(H,28,29,33). The minimum absolute atomic E-state index is 0.0105. The lowest BCUT2D eigenvalue weighted by Crippen LogP contribution is -2.28. The van der Waals surface area contributed by atoms with Crippen LogP contribution >= 0.6 is 0 Å². The highest BCUT2D eigenvalue weighted by atomic mass is 16.2. The predicted molar refractivity (Wildman–Crippen MR) is 132 cm³/mol. The number of likely N-dealkylation sites (N-methyl/N-ethyl adjacent to an activating group) is 1. The van der Waals surface area contributed by atoms with Crippen molar-refractivity contribution in [1.82, 2.24) is 9.88 Å². The molecular weight excluding hydrogens is 414 g/mol. The van der Waals surface area contributed by atoms with Gasteiger partial charge in [0.25, 0.3) is 0 Å². The number of nitrogen functional groups attached to an aromatic ring is 1. The molecule has 4 rings (SSSR count). The molecule has 2 unspecified atom stereocenters. The second-order valence-corrected chi connectivity index (χ2v) is 8.24. The first-order valence-corrected chi connectivity index (χ1v) is 10.8. The number of hydrogen-bond donors (Lipinski definition) is 3. The minimum atomic E-state index is -0.248. The van der Waals surface area contributed by atoms with Gasteiger partial charge in [0.15, 0.2) is 0 Å². The summed E-state index contributed by atoms with van der Waals surface area (Å²) in [5.41, 5.74) is 9.73. The molecule has 1 fully saturated rings. The quantitative estimate of drug-likeness (QED) is 0.401. The van der Waals surface area contributed by atoms with Crippen LogP contribution in [0.15, 0.2) is 79.1 Å². The highest BCUT2D eigenvalue weighted by Gasteiger charge is 2.36. The molecule has 0 radical (unpaired) electrons. The molecule has 1 aliphatic heterocycles. The molecule has 1 saturated heterocycles. The van der Waals surface area contributed by atoms with E-state index in [9.17, 15) is 9.59 Å². The van der Waals surface area contributed by atoms with Crippen molar-refractivity contribution in [3.8, 4) is 0 Å². The number of benzene rings is 2. The van der Waals surface area contributed by atoms with Gasteiger partial charge in [-0.1, -0.05) is 36.4 Å². The Morgan fingerprint density at radius 1 is 1.00 bits per heavy atom. The van der Waals surface area contributed by atoms with Gasteiger partial charge in [0.1, 0.15) is 0 Å². The third-order valence-electron chi connectivity index (χ3n) is 5.80. The van der Waals surface area contributed by atoms with Crippen molar-refractivity contribution in [3.63, 3.8) is 0 Å². The Balaban J connectivity index is 1.41. The number of nitrogens with two attached hydrogens (primary N) is 1. The van der Waals surface area contributed by atoms with Crippen LogP contribution < -0.4 is 16.4 Å². The van der Waals surface area contributed by atoms with Crippen LogP contribution in [0.25, 0.3) is 6.08 Å². The number of rotatable bonds is 6. The third kappa shape index (κ3) is 5.64. The van der Waals surface area contributed by atoms with Gasteiger partial charge in [0, 0.05) is 43.2 Å². The molecule has 0 aliphatic carbocycles. The number of likely N-dealkylation sites (tertiary alicyclic amines) is 1. The van der Waals surface area contributed by atoms with Crippen LogP contribution in [0.1, 0.15) is 17.0 Å². The van der Waals surface area contributed by atoms with Crippen LogP contribution in [0.3, 0.4) is 0 Å². The zero-order valence-corrected chi connectivity index (χ0v) is 18.4. The van der Waals surface area contributed by atoms with Crippen LogP contribution in [0.2, 0.25) is 0 Å². The van der Waals surface area contributed by atoms with Crippen LogP contribution in [0.4, 0.5) is 17.1 Å². The first-order valence-electron chi connectivity index (χ1n) is 10.8. The number of para-hydroxylation sites is 2. The maximum Gasteiger partial charge on any atom is 0.248 e. The van der Waals surface area contributed by atoms with E-state index in [0.717, 1.165) is 23.4 Å². The summed E-state index contributed by atoms with van der Waals surface area (Å²) in [4.78, 5) is 31.3. The molecule has 33 heavy (non-hydrogen) atoms. The van der Waals surface area contributed by atoms with Crippen LogP contribution in [-0.4, -0.2) is 41.8 Å². The number of nitrogens with zero attached hydrogens (tertiary/aromatic N) is 2. The van der Waals surface area contributed by atoms with Gasteiger partial charge in [-0.2, -0.15) is 0 Å². The van der Waals surface area contributed by atoms with Crippen molar-refractivity contribution in [1.29, 1.82) is 0 Å². The Morgan fingerprint density at radius 2 is 1.73 bits per heavy atom. The molecule has 168 valence electrons. The van der Waals surface area contributed by atoms with Gasteiger partial charge in [0.05, 0.1) is 17.3 Å². The molecular formula is C26H27N5O2. The van der Waals surface area contributed by atoms with E-state index in [-0.39, 0.29) is 23.7 Å². The second-order valence-electron chi connectivity index (χ2n) is 8.24. The van der Waals surface area contributed by atoms with Crippen molar-refractivity contribution in [2.75, 3.05) is 36.5 Å². The van der Waals surface area contributed by atoms with Gasteiger partial charge in [0.2, 0.25) is 11.8 Å². The first kappa shape index (κ1) is 22.2. The predicted octanol–water partition coefficient (Wildman–Crippen LogP) is 3.60. The molecule has 2 atom stereocenters.